The second kappa shape index (κ2) is 8.08. The van der Waals surface area contributed by atoms with Gasteiger partial charge in [-0.3, -0.25) is 23.5 Å². The molecule has 4 atom stereocenters. The number of aryl methyl sites for hydroxylation is 1. The van der Waals surface area contributed by atoms with Gasteiger partial charge in [0.2, 0.25) is 11.7 Å². The molecule has 3 aliphatic heterocycles. The van der Waals surface area contributed by atoms with Gasteiger partial charge in [0, 0.05) is 19.2 Å². The zero-order chi connectivity index (χ0) is 20.6. The van der Waals surface area contributed by atoms with Gasteiger partial charge < -0.3 is 4.74 Å². The highest BCUT2D eigenvalue weighted by Gasteiger charge is 2.48. The number of carbonyl (C=O) groups is 2. The van der Waals surface area contributed by atoms with Crippen LogP contribution in [0, 0.1) is 0 Å². The van der Waals surface area contributed by atoms with E-state index in [1.165, 1.54) is 5.56 Å². The standard InChI is InChI=1S/C19H22FN2O6P/c1-2-12-3-5-13(6-4-12)9-21-29(25)26-11-17-16(28-29)8-19(27-17)22-10-14(20)15(23)7-18(22)24/h3-6,10,16-17,19H,2,7-9,11H2,1H3,(H,21,25)/t16-,17+,19+,29-/m0/s1. The lowest BCUT2D eigenvalue weighted by atomic mass is 10.1. The van der Waals surface area contributed by atoms with E-state index in [4.69, 9.17) is 13.8 Å². The van der Waals surface area contributed by atoms with Crippen molar-refractivity contribution in [2.75, 3.05) is 6.61 Å². The summed E-state index contributed by atoms with van der Waals surface area (Å²) in [6.45, 7) is 2.40. The highest BCUT2D eigenvalue weighted by molar-refractivity contribution is 7.51. The molecule has 1 amide bonds. The highest BCUT2D eigenvalue weighted by Crippen LogP contribution is 2.52. The largest absolute Gasteiger partial charge is 0.406 e. The van der Waals surface area contributed by atoms with Crippen LogP contribution in [0.3, 0.4) is 0 Å². The van der Waals surface area contributed by atoms with Crippen molar-refractivity contribution in [3.05, 3.63) is 47.4 Å². The molecule has 3 aliphatic rings. The van der Waals surface area contributed by atoms with Gasteiger partial charge in [-0.05, 0) is 17.5 Å². The number of ketones is 1. The lowest BCUT2D eigenvalue weighted by Crippen LogP contribution is -2.40. The molecule has 0 bridgehead atoms. The van der Waals surface area contributed by atoms with Gasteiger partial charge >= 0.3 is 7.75 Å². The second-order valence-corrected chi connectivity index (χ2v) is 8.97. The minimum Gasteiger partial charge on any atom is -0.349 e. The molecule has 0 aliphatic carbocycles. The maximum atomic E-state index is 13.6. The van der Waals surface area contributed by atoms with Gasteiger partial charge in [-0.15, -0.1) is 0 Å². The molecule has 156 valence electrons. The number of amides is 1. The summed E-state index contributed by atoms with van der Waals surface area (Å²) in [6, 6.07) is 7.91. The first kappa shape index (κ1) is 20.4. The maximum Gasteiger partial charge on any atom is 0.406 e. The molecule has 0 spiro atoms. The molecule has 0 saturated carbocycles. The van der Waals surface area contributed by atoms with Crippen LogP contribution < -0.4 is 5.09 Å². The Hall–Kier alpha value is -1.90. The van der Waals surface area contributed by atoms with Crippen molar-refractivity contribution in [3.8, 4) is 0 Å². The molecule has 29 heavy (non-hydrogen) atoms. The van der Waals surface area contributed by atoms with Crippen LogP contribution in [0.5, 0.6) is 0 Å². The predicted octanol–water partition coefficient (Wildman–Crippen LogP) is 2.59. The lowest BCUT2D eigenvalue weighted by Gasteiger charge is -2.31. The van der Waals surface area contributed by atoms with Crippen molar-refractivity contribution in [1.29, 1.82) is 0 Å². The Labute approximate surface area is 167 Å². The molecule has 1 aromatic rings. The molecule has 2 fully saturated rings. The molecule has 10 heteroatoms. The average Bonchev–Trinajstić information content (AvgIpc) is 3.12. The van der Waals surface area contributed by atoms with E-state index >= 15 is 0 Å². The Morgan fingerprint density at radius 2 is 1.93 bits per heavy atom. The molecule has 0 unspecified atom stereocenters. The Morgan fingerprint density at radius 3 is 2.66 bits per heavy atom. The molecule has 1 N–H and O–H groups in total. The van der Waals surface area contributed by atoms with Crippen LogP contribution in [0.1, 0.15) is 30.9 Å². The number of ether oxygens (including phenoxy) is 1. The molecule has 8 nitrogen and oxygen atoms in total. The van der Waals surface area contributed by atoms with Gasteiger partial charge in [-0.2, -0.15) is 0 Å². The van der Waals surface area contributed by atoms with Gasteiger partial charge in [0.15, 0.2) is 5.83 Å². The number of Topliss-reactive ketones (excluding diaryl/α,β-unsaturated/α-hetero) is 1. The number of benzene rings is 1. The highest BCUT2D eigenvalue weighted by atomic mass is 31.2. The van der Waals surface area contributed by atoms with Crippen molar-refractivity contribution < 1.29 is 32.3 Å². The molecular weight excluding hydrogens is 402 g/mol. The first-order valence-corrected chi connectivity index (χ1v) is 11.0. The molecule has 0 radical (unpaired) electrons. The van der Waals surface area contributed by atoms with E-state index in [0.717, 1.165) is 23.1 Å². The average molecular weight is 424 g/mol. The van der Waals surface area contributed by atoms with Crippen LogP contribution in [-0.4, -0.2) is 41.6 Å². The van der Waals surface area contributed by atoms with Crippen LogP contribution in [-0.2, 0) is 40.9 Å². The van der Waals surface area contributed by atoms with Crippen LogP contribution in [0.15, 0.2) is 36.3 Å². The van der Waals surface area contributed by atoms with Crippen molar-refractivity contribution >= 4 is 19.4 Å². The van der Waals surface area contributed by atoms with Crippen molar-refractivity contribution in [2.24, 2.45) is 0 Å². The molecule has 3 heterocycles. The number of halogens is 1. The summed E-state index contributed by atoms with van der Waals surface area (Å²) < 4.78 is 43.3. The third kappa shape index (κ3) is 4.34. The summed E-state index contributed by atoms with van der Waals surface area (Å²) in [5.74, 6) is -2.37. The van der Waals surface area contributed by atoms with Crippen molar-refractivity contribution in [2.45, 2.75) is 51.2 Å². The van der Waals surface area contributed by atoms with E-state index in [2.05, 4.69) is 12.0 Å². The van der Waals surface area contributed by atoms with Gasteiger partial charge in [-0.25, -0.2) is 14.0 Å². The van der Waals surface area contributed by atoms with E-state index in [1.807, 2.05) is 24.3 Å². The number of rotatable bonds is 5. The number of hydrogen-bond acceptors (Lipinski definition) is 6. The van der Waals surface area contributed by atoms with Gasteiger partial charge in [0.05, 0.1) is 13.0 Å². The molecule has 2 saturated heterocycles. The minimum atomic E-state index is -3.55. The summed E-state index contributed by atoms with van der Waals surface area (Å²) in [6.07, 6.45) is -0.441. The number of carbonyl (C=O) groups excluding carboxylic acids is 2. The SMILES string of the molecule is CCc1ccc(CN[P@]2(=O)OC[C@H]3O[C@@H](N4C=C(F)C(=O)CC4=O)C[C@@H]3O2)cc1. The summed E-state index contributed by atoms with van der Waals surface area (Å²) in [7, 11) is -3.55. The Kier molecular flexibility index (Phi) is 5.68. The van der Waals surface area contributed by atoms with Gasteiger partial charge in [0.25, 0.3) is 0 Å². The second-order valence-electron chi connectivity index (χ2n) is 7.18. The van der Waals surface area contributed by atoms with E-state index in [1.54, 1.807) is 0 Å². The third-order valence-corrected chi connectivity index (χ3v) is 6.78. The van der Waals surface area contributed by atoms with Crippen LogP contribution in [0.2, 0.25) is 0 Å². The number of nitrogens with one attached hydrogen (secondary N) is 1. The predicted molar refractivity (Wildman–Crippen MR) is 100 cm³/mol. The topological polar surface area (TPSA) is 94.2 Å². The van der Waals surface area contributed by atoms with E-state index in [9.17, 15) is 18.5 Å². The molecular formula is C19H22FN2O6P. The smallest absolute Gasteiger partial charge is 0.349 e. The summed E-state index contributed by atoms with van der Waals surface area (Å²) in [5.41, 5.74) is 2.15. The number of allylic oxidation sites excluding steroid dienone is 1. The quantitative estimate of drug-likeness (QED) is 0.574. The van der Waals surface area contributed by atoms with E-state index in [-0.39, 0.29) is 13.0 Å². The summed E-state index contributed by atoms with van der Waals surface area (Å²) >= 11 is 0. The van der Waals surface area contributed by atoms with Crippen molar-refractivity contribution in [3.63, 3.8) is 0 Å². The first-order chi connectivity index (χ1) is 13.9. The minimum absolute atomic E-state index is 0.0212. The Balaban J connectivity index is 1.37. The molecule has 4 rings (SSSR count). The van der Waals surface area contributed by atoms with Gasteiger partial charge in [0.1, 0.15) is 18.4 Å². The fraction of sp³-hybridized carbons (Fsp3) is 0.474. The Morgan fingerprint density at radius 1 is 1.21 bits per heavy atom. The number of nitrogens with zero attached hydrogens (tertiary/aromatic N) is 1. The molecule has 0 aromatic heterocycles. The van der Waals surface area contributed by atoms with Crippen LogP contribution in [0.4, 0.5) is 4.39 Å². The fourth-order valence-electron chi connectivity index (χ4n) is 3.50. The van der Waals surface area contributed by atoms with Crippen LogP contribution >= 0.6 is 7.75 Å². The summed E-state index contributed by atoms with van der Waals surface area (Å²) in [5, 5.41) is 2.84. The number of hydrogen-bond donors (Lipinski definition) is 1. The first-order valence-electron chi connectivity index (χ1n) is 9.50. The third-order valence-electron chi connectivity index (χ3n) is 5.20. The zero-order valence-electron chi connectivity index (χ0n) is 15.9. The van der Waals surface area contributed by atoms with Crippen molar-refractivity contribution in [1.82, 2.24) is 9.99 Å². The van der Waals surface area contributed by atoms with E-state index in [0.29, 0.717) is 6.54 Å². The lowest BCUT2D eigenvalue weighted by molar-refractivity contribution is -0.145. The van der Waals surface area contributed by atoms with Crippen LogP contribution in [0.25, 0.3) is 0 Å². The normalized spacial score (nSPS) is 32.3. The van der Waals surface area contributed by atoms with E-state index < -0.39 is 50.1 Å². The summed E-state index contributed by atoms with van der Waals surface area (Å²) in [4.78, 5) is 24.4. The number of fused-ring (bicyclic) bond motifs is 1. The zero-order valence-corrected chi connectivity index (χ0v) is 16.8. The maximum absolute atomic E-state index is 13.6. The fourth-order valence-corrected chi connectivity index (χ4v) is 5.02. The molecule has 1 aromatic carbocycles. The monoisotopic (exact) mass is 424 g/mol. The van der Waals surface area contributed by atoms with Gasteiger partial charge in [-0.1, -0.05) is 31.2 Å². The Bertz CT molecular complexity index is 889.